The molecule has 236 valence electrons. The Labute approximate surface area is 257 Å². The number of ether oxygens (including phenoxy) is 1. The van der Waals surface area contributed by atoms with Crippen LogP contribution in [0.1, 0.15) is 79.4 Å². The molecule has 3 aromatic rings. The van der Waals surface area contributed by atoms with Crippen molar-refractivity contribution in [3.63, 3.8) is 0 Å². The highest BCUT2D eigenvalue weighted by atomic mass is 16.7. The molecule has 0 radical (unpaired) electrons. The van der Waals surface area contributed by atoms with Gasteiger partial charge < -0.3 is 24.9 Å². The lowest BCUT2D eigenvalue weighted by Gasteiger charge is -2.32. The lowest BCUT2D eigenvalue weighted by atomic mass is 9.90. The molecule has 44 heavy (non-hydrogen) atoms. The van der Waals surface area contributed by atoms with Gasteiger partial charge in [-0.1, -0.05) is 63.4 Å². The summed E-state index contributed by atoms with van der Waals surface area (Å²) in [5, 5.41) is 16.1. The van der Waals surface area contributed by atoms with Crippen LogP contribution in [0.5, 0.6) is 5.75 Å². The summed E-state index contributed by atoms with van der Waals surface area (Å²) in [4.78, 5) is 55.6. The van der Waals surface area contributed by atoms with E-state index in [0.29, 0.717) is 37.2 Å². The molecular weight excluding hydrogens is 566 g/mol. The van der Waals surface area contributed by atoms with Crippen LogP contribution in [0, 0.1) is 5.92 Å². The topological polar surface area (TPSA) is 147 Å². The van der Waals surface area contributed by atoms with E-state index in [4.69, 9.17) is 14.0 Å². The van der Waals surface area contributed by atoms with Crippen LogP contribution in [0.4, 0.5) is 0 Å². The zero-order chi connectivity index (χ0) is 31.9. The lowest BCUT2D eigenvalue weighted by Crippen LogP contribution is -2.48. The fraction of sp³-hybridized carbons (Fsp3) is 0.394. The van der Waals surface area contributed by atoms with Crippen LogP contribution in [0.25, 0.3) is 11.3 Å². The quantitative estimate of drug-likeness (QED) is 0.0709. The van der Waals surface area contributed by atoms with Crippen LogP contribution in [0.3, 0.4) is 0 Å². The predicted molar refractivity (Wildman–Crippen MR) is 164 cm³/mol. The molecular formula is C33H41N3O8. The molecule has 1 aromatic heterocycles. The van der Waals surface area contributed by atoms with Crippen molar-refractivity contribution in [2.75, 3.05) is 13.3 Å². The van der Waals surface area contributed by atoms with Crippen molar-refractivity contribution in [1.29, 1.82) is 0 Å². The Morgan fingerprint density at radius 1 is 1.00 bits per heavy atom. The Morgan fingerprint density at radius 2 is 1.77 bits per heavy atom. The molecule has 3 rings (SSSR count). The minimum absolute atomic E-state index is 0.0136. The molecule has 11 heteroatoms. The van der Waals surface area contributed by atoms with E-state index in [1.54, 1.807) is 19.1 Å². The molecule has 2 aromatic carbocycles. The molecule has 0 unspecified atom stereocenters. The summed E-state index contributed by atoms with van der Waals surface area (Å²) in [5.74, 6) is -1.91. The van der Waals surface area contributed by atoms with E-state index in [9.17, 15) is 24.3 Å². The number of carbonyl (C=O) groups excluding carboxylic acids is 3. The highest BCUT2D eigenvalue weighted by Gasteiger charge is 2.32. The number of nitrogens with zero attached hydrogens (tertiary/aromatic N) is 1. The molecule has 0 spiro atoms. The molecule has 1 heterocycles. The minimum Gasteiger partial charge on any atom is -0.494 e. The number of hydroxylamine groups is 2. The fourth-order valence-corrected chi connectivity index (χ4v) is 4.84. The Bertz CT molecular complexity index is 1370. The van der Waals surface area contributed by atoms with Crippen LogP contribution in [0.2, 0.25) is 0 Å². The zero-order valence-corrected chi connectivity index (χ0v) is 25.4. The maximum atomic E-state index is 13.4. The van der Waals surface area contributed by atoms with Gasteiger partial charge in [-0.25, -0.2) is 9.86 Å². The normalized spacial score (nSPS) is 12.2. The molecule has 3 N–H and O–H groups in total. The van der Waals surface area contributed by atoms with Gasteiger partial charge in [-0.2, -0.15) is 0 Å². The van der Waals surface area contributed by atoms with Crippen LogP contribution in [-0.2, 0) is 21.0 Å². The first kappa shape index (κ1) is 33.9. The number of amides is 3. The molecule has 0 saturated heterocycles. The van der Waals surface area contributed by atoms with Crippen LogP contribution >= 0.6 is 0 Å². The number of carbonyl (C=O) groups is 4. The van der Waals surface area contributed by atoms with Crippen LogP contribution < -0.4 is 15.4 Å². The summed E-state index contributed by atoms with van der Waals surface area (Å²) in [6.45, 7) is 6.13. The van der Waals surface area contributed by atoms with Crippen molar-refractivity contribution >= 4 is 24.2 Å². The molecule has 0 aliphatic carbocycles. The van der Waals surface area contributed by atoms with Crippen molar-refractivity contribution in [3.05, 3.63) is 77.6 Å². The summed E-state index contributed by atoms with van der Waals surface area (Å²) in [7, 11) is 0. The van der Waals surface area contributed by atoms with E-state index in [1.165, 1.54) is 23.3 Å². The van der Waals surface area contributed by atoms with Gasteiger partial charge in [0.25, 0.3) is 5.91 Å². The molecule has 0 aliphatic heterocycles. The van der Waals surface area contributed by atoms with Crippen LogP contribution in [-0.4, -0.2) is 53.7 Å². The average molecular weight is 608 g/mol. The molecule has 0 saturated carbocycles. The first-order valence-corrected chi connectivity index (χ1v) is 14.9. The third-order valence-corrected chi connectivity index (χ3v) is 7.08. The van der Waals surface area contributed by atoms with E-state index < -0.39 is 23.8 Å². The number of rotatable bonds is 19. The predicted octanol–water partition coefficient (Wildman–Crippen LogP) is 5.41. The molecule has 3 amide bonds. The maximum absolute atomic E-state index is 13.4. The number of carboxylic acids is 1. The number of unbranched alkanes of at least 4 members (excludes halogenated alkanes) is 2. The SMILES string of the molecule is CCCCC[C@@H](C(=O)NCNC(=O)c1ccc(-c2cc(OCC)cc(C(=O)O)c2)o1)[C@@H](CC)N(C=O)OCc1ccccc1. The number of nitrogens with one attached hydrogen (secondary N) is 2. The highest BCUT2D eigenvalue weighted by Crippen LogP contribution is 2.28. The summed E-state index contributed by atoms with van der Waals surface area (Å²) in [5.41, 5.74) is 1.36. The van der Waals surface area contributed by atoms with Crippen molar-refractivity contribution in [2.24, 2.45) is 5.92 Å². The number of benzene rings is 2. The van der Waals surface area contributed by atoms with Gasteiger partial charge in [0, 0.05) is 5.56 Å². The van der Waals surface area contributed by atoms with Crippen molar-refractivity contribution in [2.45, 2.75) is 65.5 Å². The van der Waals surface area contributed by atoms with Gasteiger partial charge in [0.05, 0.1) is 30.8 Å². The van der Waals surface area contributed by atoms with Gasteiger partial charge in [-0.05, 0) is 55.7 Å². The fourth-order valence-electron chi connectivity index (χ4n) is 4.84. The van der Waals surface area contributed by atoms with Gasteiger partial charge in [0.15, 0.2) is 5.76 Å². The van der Waals surface area contributed by atoms with Crippen LogP contribution in [0.15, 0.2) is 65.1 Å². The van der Waals surface area contributed by atoms with Crippen molar-refractivity contribution in [3.8, 4) is 17.1 Å². The highest BCUT2D eigenvalue weighted by molar-refractivity contribution is 5.93. The first-order chi connectivity index (χ1) is 21.3. The van der Waals surface area contributed by atoms with Gasteiger partial charge in [-0.3, -0.25) is 19.2 Å². The molecule has 11 nitrogen and oxygen atoms in total. The molecule has 0 fully saturated rings. The Morgan fingerprint density at radius 3 is 2.43 bits per heavy atom. The Kier molecular flexibility index (Phi) is 13.4. The third kappa shape index (κ3) is 9.70. The second-order valence-electron chi connectivity index (χ2n) is 10.2. The summed E-state index contributed by atoms with van der Waals surface area (Å²) in [6, 6.07) is 16.5. The van der Waals surface area contributed by atoms with Gasteiger partial charge >= 0.3 is 5.97 Å². The monoisotopic (exact) mass is 607 g/mol. The maximum Gasteiger partial charge on any atom is 0.335 e. The standard InChI is InChI=1S/C33H41N3O8/c1-4-7-9-14-27(28(5-2)36(22-37)43-20-23-12-10-8-11-13-23)31(38)34-21-35-32(39)30-16-15-29(44-30)24-17-25(33(40)41)19-26(18-24)42-6-3/h8,10-13,15-19,22,27-28H,4-7,9,14,20-21H2,1-3H3,(H,34,38)(H,35,39)(H,40,41)/t27-,28-/m1/s1. The second-order valence-corrected chi connectivity index (χ2v) is 10.2. The van der Waals surface area contributed by atoms with E-state index in [-0.39, 0.29) is 36.3 Å². The first-order valence-electron chi connectivity index (χ1n) is 14.9. The number of carboxylic acid groups (broad SMARTS) is 1. The number of hydrogen-bond donors (Lipinski definition) is 3. The molecule has 0 bridgehead atoms. The average Bonchev–Trinajstić information content (AvgIpc) is 3.53. The summed E-state index contributed by atoms with van der Waals surface area (Å²) < 4.78 is 11.2. The summed E-state index contributed by atoms with van der Waals surface area (Å²) >= 11 is 0. The minimum atomic E-state index is -1.12. The number of furan rings is 1. The second kappa shape index (κ2) is 17.5. The van der Waals surface area contributed by atoms with E-state index in [2.05, 4.69) is 17.6 Å². The number of hydrogen-bond acceptors (Lipinski definition) is 7. The van der Waals surface area contributed by atoms with E-state index in [0.717, 1.165) is 24.8 Å². The van der Waals surface area contributed by atoms with Crippen molar-refractivity contribution < 1.29 is 38.3 Å². The Hall–Kier alpha value is -4.64. The zero-order valence-electron chi connectivity index (χ0n) is 25.4. The number of aromatic carboxylic acids is 1. The van der Waals surface area contributed by atoms with Gasteiger partial charge in [0.1, 0.15) is 18.1 Å². The smallest absolute Gasteiger partial charge is 0.335 e. The van der Waals surface area contributed by atoms with Gasteiger partial charge in [-0.15, -0.1) is 0 Å². The van der Waals surface area contributed by atoms with Crippen molar-refractivity contribution in [1.82, 2.24) is 15.7 Å². The summed E-state index contributed by atoms with van der Waals surface area (Å²) in [6.07, 6.45) is 4.36. The Balaban J connectivity index is 1.64. The van der Waals surface area contributed by atoms with Gasteiger partial charge in [0.2, 0.25) is 12.3 Å². The van der Waals surface area contributed by atoms with E-state index >= 15 is 0 Å². The lowest BCUT2D eigenvalue weighted by molar-refractivity contribution is -0.200. The molecule has 0 aliphatic rings. The molecule has 2 atom stereocenters. The van der Waals surface area contributed by atoms with E-state index in [1.807, 2.05) is 37.3 Å². The largest absolute Gasteiger partial charge is 0.494 e. The third-order valence-electron chi connectivity index (χ3n) is 7.08.